The lowest BCUT2D eigenvalue weighted by atomic mass is 10.1. The number of para-hydroxylation sites is 1. The van der Waals surface area contributed by atoms with Gasteiger partial charge in [0, 0.05) is 18.8 Å². The highest BCUT2D eigenvalue weighted by molar-refractivity contribution is 5.93. The number of carbonyl (C=O) groups is 2. The topological polar surface area (TPSA) is 84.3 Å². The molecule has 3 aromatic rings. The van der Waals surface area contributed by atoms with Gasteiger partial charge in [0.05, 0.1) is 12.8 Å². The molecule has 0 spiro atoms. The van der Waals surface area contributed by atoms with E-state index in [-0.39, 0.29) is 37.7 Å². The molecule has 2 heterocycles. The predicted octanol–water partition coefficient (Wildman–Crippen LogP) is 5.34. The lowest BCUT2D eigenvalue weighted by molar-refractivity contribution is -0.133. The van der Waals surface area contributed by atoms with Gasteiger partial charge in [0.2, 0.25) is 12.7 Å². The van der Waals surface area contributed by atoms with Crippen molar-refractivity contribution >= 4 is 17.6 Å². The summed E-state index contributed by atoms with van der Waals surface area (Å²) in [5.74, 6) is 2.02. The Labute approximate surface area is 211 Å². The fourth-order valence-electron chi connectivity index (χ4n) is 4.20. The van der Waals surface area contributed by atoms with Crippen LogP contribution in [-0.2, 0) is 17.9 Å². The van der Waals surface area contributed by atoms with E-state index in [4.69, 9.17) is 13.9 Å². The normalized spacial score (nSPS) is 12.0. The van der Waals surface area contributed by atoms with Crippen LogP contribution in [0.2, 0.25) is 0 Å². The van der Waals surface area contributed by atoms with Crippen molar-refractivity contribution < 1.29 is 23.5 Å². The second-order valence-corrected chi connectivity index (χ2v) is 9.49. The van der Waals surface area contributed by atoms with Crippen LogP contribution in [0.5, 0.6) is 11.5 Å². The molecular weight excluding hydrogens is 458 g/mol. The molecule has 3 amide bonds. The van der Waals surface area contributed by atoms with E-state index in [0.29, 0.717) is 30.3 Å². The summed E-state index contributed by atoms with van der Waals surface area (Å²) in [5, 5.41) is 3.02. The van der Waals surface area contributed by atoms with Crippen molar-refractivity contribution in [3.8, 4) is 11.5 Å². The SMILES string of the molecule is Cc1cccc(C)c1NC(=O)N(CC(=O)N(Cc1ccc2c(c1)OCO2)Cc1ccco1)CC(C)C. The lowest BCUT2D eigenvalue weighted by Gasteiger charge is -2.29. The number of rotatable bonds is 9. The smallest absolute Gasteiger partial charge is 0.322 e. The van der Waals surface area contributed by atoms with Crippen molar-refractivity contribution in [1.82, 2.24) is 9.80 Å². The van der Waals surface area contributed by atoms with Crippen molar-refractivity contribution in [3.63, 3.8) is 0 Å². The highest BCUT2D eigenvalue weighted by atomic mass is 16.7. The summed E-state index contributed by atoms with van der Waals surface area (Å²) in [7, 11) is 0. The van der Waals surface area contributed by atoms with Gasteiger partial charge in [0.1, 0.15) is 12.3 Å². The van der Waals surface area contributed by atoms with Gasteiger partial charge in [-0.3, -0.25) is 4.79 Å². The van der Waals surface area contributed by atoms with E-state index in [2.05, 4.69) is 5.32 Å². The number of aryl methyl sites for hydroxylation is 2. The molecule has 36 heavy (non-hydrogen) atoms. The largest absolute Gasteiger partial charge is 0.467 e. The van der Waals surface area contributed by atoms with Gasteiger partial charge in [0.15, 0.2) is 11.5 Å². The first-order chi connectivity index (χ1) is 17.3. The molecule has 1 aliphatic heterocycles. The van der Waals surface area contributed by atoms with Gasteiger partial charge in [0.25, 0.3) is 0 Å². The van der Waals surface area contributed by atoms with Crippen LogP contribution >= 0.6 is 0 Å². The summed E-state index contributed by atoms with van der Waals surface area (Å²) in [4.78, 5) is 30.2. The summed E-state index contributed by atoms with van der Waals surface area (Å²) in [6.07, 6.45) is 1.58. The van der Waals surface area contributed by atoms with Gasteiger partial charge in [-0.1, -0.05) is 38.1 Å². The molecule has 0 saturated carbocycles. The van der Waals surface area contributed by atoms with Gasteiger partial charge in [-0.05, 0) is 60.7 Å². The summed E-state index contributed by atoms with van der Waals surface area (Å²) in [6.45, 7) is 9.16. The Morgan fingerprint density at radius 2 is 1.69 bits per heavy atom. The fourth-order valence-corrected chi connectivity index (χ4v) is 4.20. The average molecular weight is 492 g/mol. The first-order valence-electron chi connectivity index (χ1n) is 12.1. The molecule has 2 aromatic carbocycles. The number of carbonyl (C=O) groups excluding carboxylic acids is 2. The number of nitrogens with one attached hydrogen (secondary N) is 1. The van der Waals surface area contributed by atoms with E-state index in [1.807, 2.05) is 70.2 Å². The maximum Gasteiger partial charge on any atom is 0.322 e. The Bertz CT molecular complexity index is 1190. The van der Waals surface area contributed by atoms with E-state index in [9.17, 15) is 9.59 Å². The Morgan fingerprint density at radius 3 is 2.39 bits per heavy atom. The molecule has 190 valence electrons. The average Bonchev–Trinajstić information content (AvgIpc) is 3.52. The molecule has 0 atom stereocenters. The van der Waals surface area contributed by atoms with Crippen LogP contribution in [0.15, 0.2) is 59.2 Å². The molecule has 8 nitrogen and oxygen atoms in total. The van der Waals surface area contributed by atoms with Crippen molar-refractivity contribution in [3.05, 3.63) is 77.2 Å². The van der Waals surface area contributed by atoms with Crippen LogP contribution in [-0.4, -0.2) is 41.6 Å². The first-order valence-corrected chi connectivity index (χ1v) is 12.1. The van der Waals surface area contributed by atoms with Crippen molar-refractivity contribution in [1.29, 1.82) is 0 Å². The molecule has 0 unspecified atom stereocenters. The Morgan fingerprint density at radius 1 is 0.944 bits per heavy atom. The molecule has 4 rings (SSSR count). The number of nitrogens with zero attached hydrogens (tertiary/aromatic N) is 2. The Balaban J connectivity index is 1.53. The summed E-state index contributed by atoms with van der Waals surface area (Å²) >= 11 is 0. The number of hydrogen-bond acceptors (Lipinski definition) is 5. The van der Waals surface area contributed by atoms with E-state index in [1.165, 1.54) is 0 Å². The zero-order valence-corrected chi connectivity index (χ0v) is 21.2. The minimum absolute atomic E-state index is 0.0554. The molecule has 0 bridgehead atoms. The number of anilines is 1. The number of ether oxygens (including phenoxy) is 2. The van der Waals surface area contributed by atoms with Gasteiger partial charge < -0.3 is 29.0 Å². The number of urea groups is 1. The Hall–Kier alpha value is -3.94. The van der Waals surface area contributed by atoms with Crippen LogP contribution in [0.3, 0.4) is 0 Å². The molecule has 8 heteroatoms. The molecule has 1 N–H and O–H groups in total. The van der Waals surface area contributed by atoms with E-state index in [1.54, 1.807) is 22.1 Å². The maximum atomic E-state index is 13.6. The lowest BCUT2D eigenvalue weighted by Crippen LogP contribution is -2.45. The molecule has 1 aliphatic rings. The van der Waals surface area contributed by atoms with Crippen LogP contribution in [0.4, 0.5) is 10.5 Å². The third kappa shape index (κ3) is 6.19. The zero-order valence-electron chi connectivity index (χ0n) is 21.2. The highest BCUT2D eigenvalue weighted by Crippen LogP contribution is 2.33. The number of hydrogen-bond donors (Lipinski definition) is 1. The standard InChI is InChI=1S/C28H33N3O5/c1-19(2)14-31(28(33)29-27-20(3)7-5-8-21(27)4)17-26(32)30(16-23-9-6-12-34-23)15-22-10-11-24-25(13-22)36-18-35-24/h5-13,19H,14-18H2,1-4H3,(H,29,33). The molecule has 1 aromatic heterocycles. The van der Waals surface area contributed by atoms with E-state index < -0.39 is 0 Å². The van der Waals surface area contributed by atoms with Crippen LogP contribution in [0.25, 0.3) is 0 Å². The van der Waals surface area contributed by atoms with Gasteiger partial charge >= 0.3 is 6.03 Å². The first kappa shape index (κ1) is 25.2. The van der Waals surface area contributed by atoms with Crippen molar-refractivity contribution in [2.45, 2.75) is 40.8 Å². The van der Waals surface area contributed by atoms with Crippen LogP contribution < -0.4 is 14.8 Å². The second-order valence-electron chi connectivity index (χ2n) is 9.49. The zero-order chi connectivity index (χ0) is 25.7. The minimum Gasteiger partial charge on any atom is -0.467 e. The summed E-state index contributed by atoms with van der Waals surface area (Å²) in [5.41, 5.74) is 3.62. The summed E-state index contributed by atoms with van der Waals surface area (Å²) in [6, 6.07) is 14.8. The third-order valence-corrected chi connectivity index (χ3v) is 6.00. The predicted molar refractivity (Wildman–Crippen MR) is 137 cm³/mol. The van der Waals surface area contributed by atoms with Crippen molar-refractivity contribution in [2.24, 2.45) is 5.92 Å². The van der Waals surface area contributed by atoms with Gasteiger partial charge in [-0.15, -0.1) is 0 Å². The van der Waals surface area contributed by atoms with E-state index in [0.717, 1.165) is 22.4 Å². The highest BCUT2D eigenvalue weighted by Gasteiger charge is 2.24. The van der Waals surface area contributed by atoms with Crippen molar-refractivity contribution in [2.75, 3.05) is 25.2 Å². The number of furan rings is 1. The molecule has 0 radical (unpaired) electrons. The molecule has 0 saturated heterocycles. The number of amides is 3. The second kappa shape index (κ2) is 11.2. The number of fused-ring (bicyclic) bond motifs is 1. The van der Waals surface area contributed by atoms with Gasteiger partial charge in [-0.2, -0.15) is 0 Å². The molecular formula is C28H33N3O5. The quantitative estimate of drug-likeness (QED) is 0.437. The van der Waals surface area contributed by atoms with E-state index >= 15 is 0 Å². The molecule has 0 fully saturated rings. The Kier molecular flexibility index (Phi) is 7.83. The summed E-state index contributed by atoms with van der Waals surface area (Å²) < 4.78 is 16.4. The number of benzene rings is 2. The molecule has 0 aliphatic carbocycles. The maximum absolute atomic E-state index is 13.6. The minimum atomic E-state index is -0.296. The third-order valence-electron chi connectivity index (χ3n) is 6.00. The monoisotopic (exact) mass is 491 g/mol. The van der Waals surface area contributed by atoms with Crippen LogP contribution in [0.1, 0.15) is 36.3 Å². The fraction of sp³-hybridized carbons (Fsp3) is 0.357. The van der Waals surface area contributed by atoms with Gasteiger partial charge in [-0.25, -0.2) is 4.79 Å². The van der Waals surface area contributed by atoms with Crippen LogP contribution in [0, 0.1) is 19.8 Å².